The van der Waals surface area contributed by atoms with Crippen molar-refractivity contribution in [1.82, 2.24) is 5.32 Å². The zero-order valence-electron chi connectivity index (χ0n) is 23.7. The van der Waals surface area contributed by atoms with Crippen molar-refractivity contribution in [2.45, 2.75) is 63.0 Å². The van der Waals surface area contributed by atoms with Gasteiger partial charge >= 0.3 is 12.1 Å². The molecule has 1 atom stereocenters. The molecule has 1 saturated carbocycles. The Labute approximate surface area is 251 Å². The van der Waals surface area contributed by atoms with Crippen molar-refractivity contribution in [2.75, 3.05) is 11.9 Å². The van der Waals surface area contributed by atoms with Crippen molar-refractivity contribution < 1.29 is 37.6 Å². The van der Waals surface area contributed by atoms with Gasteiger partial charge in [0.25, 0.3) is 11.6 Å². The van der Waals surface area contributed by atoms with E-state index in [1.807, 2.05) is 24.3 Å². The maximum absolute atomic E-state index is 13.6. The summed E-state index contributed by atoms with van der Waals surface area (Å²) in [6, 6.07) is 16.3. The number of nitro benzene ring substituents is 1. The lowest BCUT2D eigenvalue weighted by Crippen LogP contribution is -2.26. The summed E-state index contributed by atoms with van der Waals surface area (Å²) in [7, 11) is 0. The van der Waals surface area contributed by atoms with Crippen LogP contribution in [-0.2, 0) is 22.2 Å². The van der Waals surface area contributed by atoms with Gasteiger partial charge in [-0.3, -0.25) is 24.5 Å². The third-order valence-electron chi connectivity index (χ3n) is 7.78. The third-order valence-corrected chi connectivity index (χ3v) is 7.78. The fraction of sp³-hybridized carbons (Fsp3) is 0.344. The monoisotopic (exact) mass is 611 g/mol. The van der Waals surface area contributed by atoms with E-state index in [9.17, 15) is 37.7 Å². The smallest absolute Gasteiger partial charge is 0.423 e. The molecular weight excluding hydrogens is 579 g/mol. The van der Waals surface area contributed by atoms with Crippen LogP contribution in [0.3, 0.4) is 0 Å². The fourth-order valence-electron chi connectivity index (χ4n) is 5.44. The van der Waals surface area contributed by atoms with Gasteiger partial charge in [-0.05, 0) is 66.1 Å². The summed E-state index contributed by atoms with van der Waals surface area (Å²) >= 11 is 0. The summed E-state index contributed by atoms with van der Waals surface area (Å²) in [4.78, 5) is 46.6. The van der Waals surface area contributed by atoms with Crippen molar-refractivity contribution in [1.29, 1.82) is 0 Å². The van der Waals surface area contributed by atoms with Crippen molar-refractivity contribution in [3.05, 3.63) is 105 Å². The molecule has 0 radical (unpaired) electrons. The number of benzene rings is 3. The molecule has 2 amide bonds. The molecule has 0 aromatic heterocycles. The van der Waals surface area contributed by atoms with E-state index in [1.165, 1.54) is 6.42 Å². The molecule has 12 heteroatoms. The summed E-state index contributed by atoms with van der Waals surface area (Å²) < 4.78 is 40.7. The highest BCUT2D eigenvalue weighted by molar-refractivity contribution is 5.96. The van der Waals surface area contributed by atoms with Gasteiger partial charge in [0.2, 0.25) is 5.91 Å². The lowest BCUT2D eigenvalue weighted by Gasteiger charge is -2.23. The minimum absolute atomic E-state index is 0.0340. The van der Waals surface area contributed by atoms with Crippen LogP contribution in [0.2, 0.25) is 0 Å². The molecule has 9 nitrogen and oxygen atoms in total. The Morgan fingerprint density at radius 2 is 1.61 bits per heavy atom. The number of hydrogen-bond acceptors (Lipinski definition) is 5. The topological polar surface area (TPSA) is 139 Å². The number of carbonyl (C=O) groups is 3. The number of carbonyl (C=O) groups excluding carboxylic acids is 2. The van der Waals surface area contributed by atoms with E-state index in [0.29, 0.717) is 34.7 Å². The second-order valence-electron chi connectivity index (χ2n) is 10.8. The molecule has 1 unspecified atom stereocenters. The molecule has 0 aliphatic heterocycles. The van der Waals surface area contributed by atoms with Gasteiger partial charge in [0, 0.05) is 23.9 Å². The first-order valence-electron chi connectivity index (χ1n) is 14.3. The Morgan fingerprint density at radius 1 is 0.955 bits per heavy atom. The molecule has 232 valence electrons. The van der Waals surface area contributed by atoms with E-state index >= 15 is 0 Å². The average Bonchev–Trinajstić information content (AvgIpc) is 3.00. The van der Waals surface area contributed by atoms with Crippen LogP contribution in [0.25, 0.3) is 0 Å². The van der Waals surface area contributed by atoms with E-state index in [0.717, 1.165) is 37.3 Å². The molecule has 44 heavy (non-hydrogen) atoms. The molecule has 4 rings (SSSR count). The number of amides is 2. The highest BCUT2D eigenvalue weighted by atomic mass is 19.4. The predicted molar refractivity (Wildman–Crippen MR) is 156 cm³/mol. The van der Waals surface area contributed by atoms with Crippen LogP contribution < -0.4 is 10.6 Å². The van der Waals surface area contributed by atoms with Crippen molar-refractivity contribution in [3.8, 4) is 0 Å². The first kappa shape index (κ1) is 32.2. The standard InChI is InChI=1S/C32H32F3N3O6/c33-32(34,35)27-19-25(14-15-28(27)38(43)44)37-31(42)26(23-12-10-22(11-13-23)21-4-2-1-3-5-21)18-20-6-8-24(9-7-20)30(41)36-17-16-29(39)40/h6-15,19,21,26H,1-5,16-18H2,(H,36,41)(H,37,42)(H,39,40). The molecule has 0 heterocycles. The number of aliphatic carboxylic acids is 1. The first-order chi connectivity index (χ1) is 20.9. The van der Waals surface area contributed by atoms with Crippen LogP contribution in [0.4, 0.5) is 24.5 Å². The minimum Gasteiger partial charge on any atom is -0.481 e. The number of halogens is 3. The summed E-state index contributed by atoms with van der Waals surface area (Å²) in [6.07, 6.45) is 0.605. The molecule has 1 aliphatic rings. The van der Waals surface area contributed by atoms with Gasteiger partial charge in [-0.15, -0.1) is 0 Å². The van der Waals surface area contributed by atoms with E-state index in [-0.39, 0.29) is 25.1 Å². The molecule has 0 bridgehead atoms. The summed E-state index contributed by atoms with van der Waals surface area (Å²) in [5, 5.41) is 24.9. The second kappa shape index (κ2) is 14.2. The van der Waals surface area contributed by atoms with Crippen LogP contribution in [0.1, 0.15) is 83.0 Å². The number of nitrogens with zero attached hydrogens (tertiary/aromatic N) is 1. The number of alkyl halides is 3. The number of hydrogen-bond donors (Lipinski definition) is 3. The van der Waals surface area contributed by atoms with E-state index in [2.05, 4.69) is 10.6 Å². The number of anilines is 1. The van der Waals surface area contributed by atoms with Crippen LogP contribution >= 0.6 is 0 Å². The summed E-state index contributed by atoms with van der Waals surface area (Å²) in [5.74, 6) is -2.51. The lowest BCUT2D eigenvalue weighted by molar-refractivity contribution is -0.388. The Bertz CT molecular complexity index is 1500. The number of rotatable bonds is 11. The fourth-order valence-corrected chi connectivity index (χ4v) is 5.44. The SMILES string of the molecule is O=C(O)CCNC(=O)c1ccc(CC(C(=O)Nc2ccc([N+](=O)[O-])c(C(F)(F)F)c2)c2ccc(C3CCCCC3)cc2)cc1. The number of nitrogens with one attached hydrogen (secondary N) is 2. The quantitative estimate of drug-likeness (QED) is 0.160. The molecule has 3 aromatic rings. The van der Waals surface area contributed by atoms with Crippen LogP contribution in [-0.4, -0.2) is 34.4 Å². The summed E-state index contributed by atoms with van der Waals surface area (Å²) in [5.41, 5.74) is -0.0501. The number of carboxylic acid groups (broad SMARTS) is 1. The first-order valence-corrected chi connectivity index (χ1v) is 14.3. The van der Waals surface area contributed by atoms with E-state index in [4.69, 9.17) is 5.11 Å². The molecule has 3 N–H and O–H groups in total. The van der Waals surface area contributed by atoms with Crippen molar-refractivity contribution in [2.24, 2.45) is 0 Å². The van der Waals surface area contributed by atoms with E-state index in [1.54, 1.807) is 24.3 Å². The van der Waals surface area contributed by atoms with Crippen molar-refractivity contribution >= 4 is 29.2 Å². The Kier molecular flexibility index (Phi) is 10.4. The van der Waals surface area contributed by atoms with Gasteiger partial charge in [0.05, 0.1) is 17.3 Å². The van der Waals surface area contributed by atoms with Crippen LogP contribution in [0, 0.1) is 10.1 Å². The highest BCUT2D eigenvalue weighted by Crippen LogP contribution is 2.38. The number of nitro groups is 1. The number of carboxylic acids is 1. The normalized spacial score (nSPS) is 14.4. The van der Waals surface area contributed by atoms with Gasteiger partial charge in [0.1, 0.15) is 5.56 Å². The largest absolute Gasteiger partial charge is 0.481 e. The van der Waals surface area contributed by atoms with Crippen molar-refractivity contribution in [3.63, 3.8) is 0 Å². The zero-order valence-corrected chi connectivity index (χ0v) is 23.7. The van der Waals surface area contributed by atoms with Gasteiger partial charge in [-0.1, -0.05) is 55.7 Å². The van der Waals surface area contributed by atoms with Gasteiger partial charge in [-0.2, -0.15) is 13.2 Å². The minimum atomic E-state index is -5.00. The van der Waals surface area contributed by atoms with Crippen LogP contribution in [0.15, 0.2) is 66.7 Å². The Hall–Kier alpha value is -4.74. The molecule has 1 fully saturated rings. The van der Waals surface area contributed by atoms with Gasteiger partial charge < -0.3 is 15.7 Å². The van der Waals surface area contributed by atoms with Gasteiger partial charge in [-0.25, -0.2) is 0 Å². The summed E-state index contributed by atoms with van der Waals surface area (Å²) in [6.45, 7) is -0.0340. The lowest BCUT2D eigenvalue weighted by atomic mass is 9.83. The Balaban J connectivity index is 1.58. The maximum Gasteiger partial charge on any atom is 0.423 e. The maximum atomic E-state index is 13.6. The Morgan fingerprint density at radius 3 is 2.20 bits per heavy atom. The predicted octanol–water partition coefficient (Wildman–Crippen LogP) is 6.83. The highest BCUT2D eigenvalue weighted by Gasteiger charge is 2.38. The molecule has 1 aliphatic carbocycles. The van der Waals surface area contributed by atoms with Gasteiger partial charge in [0.15, 0.2) is 0 Å². The second-order valence-corrected chi connectivity index (χ2v) is 10.8. The van der Waals surface area contributed by atoms with Crippen LogP contribution in [0.5, 0.6) is 0 Å². The third kappa shape index (κ3) is 8.42. The van der Waals surface area contributed by atoms with E-state index < -0.39 is 46.1 Å². The average molecular weight is 612 g/mol. The molecule has 0 spiro atoms. The zero-order chi connectivity index (χ0) is 31.9. The molecule has 3 aromatic carbocycles. The molecular formula is C32H32F3N3O6. The molecule has 0 saturated heterocycles.